The molecule has 3 aromatic carbocycles. The fraction of sp³-hybridized carbons (Fsp3) is 0.0400. The molecule has 5 aromatic rings. The number of benzene rings is 3. The Morgan fingerprint density at radius 3 is 2.45 bits per heavy atom. The number of hydrogen-bond acceptors (Lipinski definition) is 3. The summed E-state index contributed by atoms with van der Waals surface area (Å²) in [6, 6.07) is 23.6. The zero-order chi connectivity index (χ0) is 21.2. The van der Waals surface area contributed by atoms with Gasteiger partial charge in [0.05, 0.1) is 5.52 Å². The van der Waals surface area contributed by atoms with Crippen molar-refractivity contribution in [2.75, 3.05) is 10.6 Å². The number of aromatic nitrogens is 2. The predicted octanol–water partition coefficient (Wildman–Crippen LogP) is 6.91. The molecule has 2 aromatic heterocycles. The second-order valence-corrected chi connectivity index (χ2v) is 8.15. The van der Waals surface area contributed by atoms with Crippen molar-refractivity contribution in [3.8, 4) is 22.4 Å². The number of aryl methyl sites for hydroxylation is 1. The molecule has 152 valence electrons. The summed E-state index contributed by atoms with van der Waals surface area (Å²) in [5.41, 5.74) is 7.85. The van der Waals surface area contributed by atoms with Gasteiger partial charge in [-0.2, -0.15) is 16.4 Å². The maximum absolute atomic E-state index is 12.3. The quantitative estimate of drug-likeness (QED) is 0.293. The van der Waals surface area contributed by atoms with Crippen molar-refractivity contribution in [1.82, 2.24) is 10.2 Å². The molecule has 0 saturated heterocycles. The molecule has 0 aliphatic heterocycles. The molecule has 0 radical (unpaired) electrons. The number of fused-ring (bicyclic) bond motifs is 1. The molecule has 0 saturated carbocycles. The third kappa shape index (κ3) is 4.06. The molecule has 0 aliphatic carbocycles. The smallest absolute Gasteiger partial charge is 0.308 e. The Kier molecular flexibility index (Phi) is 4.98. The summed E-state index contributed by atoms with van der Waals surface area (Å²) >= 11 is 1.66. The van der Waals surface area contributed by atoms with Gasteiger partial charge in [-0.15, -0.1) is 0 Å². The topological polar surface area (TPSA) is 69.8 Å². The molecule has 6 heteroatoms. The molecule has 5 nitrogen and oxygen atoms in total. The Morgan fingerprint density at radius 2 is 1.68 bits per heavy atom. The van der Waals surface area contributed by atoms with Crippen LogP contribution in [0.3, 0.4) is 0 Å². The number of H-pyrrole nitrogens is 1. The molecule has 31 heavy (non-hydrogen) atoms. The summed E-state index contributed by atoms with van der Waals surface area (Å²) in [6.45, 7) is 1.99. The summed E-state index contributed by atoms with van der Waals surface area (Å²) in [7, 11) is 0. The number of carbonyl (C=O) groups is 1. The second kappa shape index (κ2) is 8.08. The molecule has 0 atom stereocenters. The van der Waals surface area contributed by atoms with Crippen molar-refractivity contribution < 1.29 is 4.79 Å². The van der Waals surface area contributed by atoms with E-state index < -0.39 is 0 Å². The number of rotatable bonds is 4. The van der Waals surface area contributed by atoms with Crippen LogP contribution in [-0.4, -0.2) is 16.2 Å². The fourth-order valence-electron chi connectivity index (χ4n) is 3.58. The van der Waals surface area contributed by atoms with Gasteiger partial charge in [-0.05, 0) is 71.5 Å². The third-order valence-electron chi connectivity index (χ3n) is 5.11. The van der Waals surface area contributed by atoms with Gasteiger partial charge in [-0.25, -0.2) is 4.79 Å². The van der Waals surface area contributed by atoms with Gasteiger partial charge in [0, 0.05) is 27.7 Å². The SMILES string of the molecule is Cc1cccc(NC(=O)Nc2ccc(-c3ccc4c(-c5ccsc5)n[nH]c4c3)cc2)c1. The maximum Gasteiger partial charge on any atom is 0.323 e. The molecule has 0 bridgehead atoms. The maximum atomic E-state index is 12.3. The van der Waals surface area contributed by atoms with Crippen LogP contribution in [0.4, 0.5) is 16.2 Å². The Balaban J connectivity index is 1.31. The number of urea groups is 1. The van der Waals surface area contributed by atoms with Crippen molar-refractivity contribution in [2.24, 2.45) is 0 Å². The molecule has 2 amide bonds. The average molecular weight is 425 g/mol. The highest BCUT2D eigenvalue weighted by atomic mass is 32.1. The van der Waals surface area contributed by atoms with E-state index in [1.54, 1.807) is 11.3 Å². The summed E-state index contributed by atoms with van der Waals surface area (Å²) in [5, 5.41) is 18.6. The van der Waals surface area contributed by atoms with Crippen molar-refractivity contribution in [3.63, 3.8) is 0 Å². The van der Waals surface area contributed by atoms with Crippen LogP contribution >= 0.6 is 11.3 Å². The van der Waals surface area contributed by atoms with Gasteiger partial charge >= 0.3 is 6.03 Å². The normalized spacial score (nSPS) is 10.9. The molecule has 0 fully saturated rings. The monoisotopic (exact) mass is 424 g/mol. The number of aromatic amines is 1. The van der Waals surface area contributed by atoms with E-state index in [4.69, 9.17) is 0 Å². The first kappa shape index (κ1) is 19.1. The van der Waals surface area contributed by atoms with Crippen molar-refractivity contribution in [2.45, 2.75) is 6.92 Å². The van der Waals surface area contributed by atoms with Gasteiger partial charge in [0.15, 0.2) is 0 Å². The van der Waals surface area contributed by atoms with E-state index >= 15 is 0 Å². The number of carbonyl (C=O) groups excluding carboxylic acids is 1. The highest BCUT2D eigenvalue weighted by Crippen LogP contribution is 2.31. The van der Waals surface area contributed by atoms with Gasteiger partial charge in [0.2, 0.25) is 0 Å². The molecular weight excluding hydrogens is 404 g/mol. The number of amides is 2. The first-order chi connectivity index (χ1) is 15.2. The minimum absolute atomic E-state index is 0.266. The first-order valence-corrected chi connectivity index (χ1v) is 10.9. The van der Waals surface area contributed by atoms with Crippen LogP contribution in [0.15, 0.2) is 83.6 Å². The molecule has 0 unspecified atom stereocenters. The number of nitrogens with zero attached hydrogens (tertiary/aromatic N) is 1. The standard InChI is InChI=1S/C25H20N4OS/c1-16-3-2-4-21(13-16)27-25(30)26-20-8-5-17(6-9-20)18-7-10-22-23(14-18)28-29-24(22)19-11-12-31-15-19/h2-15H,1H3,(H,28,29)(H2,26,27,30). The van der Waals surface area contributed by atoms with Crippen LogP contribution in [0.1, 0.15) is 5.56 Å². The second-order valence-electron chi connectivity index (χ2n) is 7.37. The van der Waals surface area contributed by atoms with E-state index in [2.05, 4.69) is 55.9 Å². The van der Waals surface area contributed by atoms with E-state index in [9.17, 15) is 4.79 Å². The van der Waals surface area contributed by atoms with Crippen molar-refractivity contribution >= 4 is 39.6 Å². The van der Waals surface area contributed by atoms with Gasteiger partial charge in [0.1, 0.15) is 5.69 Å². The largest absolute Gasteiger partial charge is 0.323 e. The Hall–Kier alpha value is -3.90. The predicted molar refractivity (Wildman–Crippen MR) is 129 cm³/mol. The summed E-state index contributed by atoms with van der Waals surface area (Å²) in [4.78, 5) is 12.3. The van der Waals surface area contributed by atoms with Gasteiger partial charge in [0.25, 0.3) is 0 Å². The number of thiophene rings is 1. The van der Waals surface area contributed by atoms with E-state index in [-0.39, 0.29) is 6.03 Å². The van der Waals surface area contributed by atoms with Crippen LogP contribution in [0.5, 0.6) is 0 Å². The average Bonchev–Trinajstić information content (AvgIpc) is 3.43. The van der Waals surface area contributed by atoms with Gasteiger partial charge in [-0.3, -0.25) is 5.10 Å². The number of anilines is 2. The Morgan fingerprint density at radius 1 is 0.871 bits per heavy atom. The molecular formula is C25H20N4OS. The molecule has 0 spiro atoms. The molecule has 3 N–H and O–H groups in total. The van der Waals surface area contributed by atoms with E-state index in [0.29, 0.717) is 0 Å². The molecule has 5 rings (SSSR count). The van der Waals surface area contributed by atoms with Crippen LogP contribution in [0.25, 0.3) is 33.3 Å². The number of hydrogen-bond donors (Lipinski definition) is 3. The minimum Gasteiger partial charge on any atom is -0.308 e. The lowest BCUT2D eigenvalue weighted by molar-refractivity contribution is 0.262. The molecule has 2 heterocycles. The van der Waals surface area contributed by atoms with E-state index in [1.807, 2.05) is 55.5 Å². The Bertz CT molecular complexity index is 1350. The lowest BCUT2D eigenvalue weighted by Crippen LogP contribution is -2.19. The lowest BCUT2D eigenvalue weighted by Gasteiger charge is -2.09. The van der Waals surface area contributed by atoms with Gasteiger partial charge < -0.3 is 10.6 Å². The summed E-state index contributed by atoms with van der Waals surface area (Å²) < 4.78 is 0. The van der Waals surface area contributed by atoms with Crippen LogP contribution in [0.2, 0.25) is 0 Å². The lowest BCUT2D eigenvalue weighted by atomic mass is 10.0. The third-order valence-corrected chi connectivity index (χ3v) is 5.79. The minimum atomic E-state index is -0.266. The fourth-order valence-corrected chi connectivity index (χ4v) is 4.22. The van der Waals surface area contributed by atoms with Crippen molar-refractivity contribution in [3.05, 3.63) is 89.1 Å². The highest BCUT2D eigenvalue weighted by molar-refractivity contribution is 7.08. The van der Waals surface area contributed by atoms with Gasteiger partial charge in [-0.1, -0.05) is 30.3 Å². The highest BCUT2D eigenvalue weighted by Gasteiger charge is 2.10. The van der Waals surface area contributed by atoms with Crippen LogP contribution in [0, 0.1) is 6.92 Å². The van der Waals surface area contributed by atoms with Crippen molar-refractivity contribution in [1.29, 1.82) is 0 Å². The van der Waals surface area contributed by atoms with E-state index in [0.717, 1.165) is 50.2 Å². The Labute approximate surface area is 183 Å². The summed E-state index contributed by atoms with van der Waals surface area (Å²) in [5.74, 6) is 0. The number of nitrogens with one attached hydrogen (secondary N) is 3. The first-order valence-electron chi connectivity index (χ1n) is 9.91. The van der Waals surface area contributed by atoms with Crippen LogP contribution in [-0.2, 0) is 0 Å². The van der Waals surface area contributed by atoms with E-state index in [1.165, 1.54) is 0 Å². The summed E-state index contributed by atoms with van der Waals surface area (Å²) in [6.07, 6.45) is 0. The zero-order valence-electron chi connectivity index (χ0n) is 16.8. The van der Waals surface area contributed by atoms with Crippen LogP contribution < -0.4 is 10.6 Å². The molecule has 0 aliphatic rings. The zero-order valence-corrected chi connectivity index (χ0v) is 17.7.